The van der Waals surface area contributed by atoms with Gasteiger partial charge in [0.1, 0.15) is 6.54 Å². The molecule has 0 aliphatic carbocycles. The van der Waals surface area contributed by atoms with Crippen LogP contribution in [0.4, 0.5) is 13.2 Å². The molecule has 8 heteroatoms. The normalized spacial score (nSPS) is 21.0. The summed E-state index contributed by atoms with van der Waals surface area (Å²) in [5, 5.41) is 0. The molecule has 0 aromatic rings. The topological polar surface area (TPSA) is 66.6 Å². The number of amides is 2. The predicted octanol–water partition coefficient (Wildman–Crippen LogP) is 0.983. The zero-order chi connectivity index (χ0) is 16.2. The van der Waals surface area contributed by atoms with E-state index in [4.69, 9.17) is 5.73 Å². The van der Waals surface area contributed by atoms with Crippen molar-refractivity contribution in [2.45, 2.75) is 38.9 Å². The minimum atomic E-state index is -4.42. The summed E-state index contributed by atoms with van der Waals surface area (Å²) < 4.78 is 37.4. The van der Waals surface area contributed by atoms with Crippen LogP contribution in [-0.4, -0.2) is 60.0 Å². The zero-order valence-corrected chi connectivity index (χ0v) is 12.3. The molecule has 2 N–H and O–H groups in total. The van der Waals surface area contributed by atoms with Crippen molar-refractivity contribution in [2.24, 2.45) is 11.7 Å². The Morgan fingerprint density at radius 2 is 2.05 bits per heavy atom. The van der Waals surface area contributed by atoms with Gasteiger partial charge < -0.3 is 15.5 Å². The van der Waals surface area contributed by atoms with E-state index in [-0.39, 0.29) is 19.0 Å². The Bertz CT molecular complexity index is 385. The van der Waals surface area contributed by atoms with Gasteiger partial charge in [0.25, 0.3) is 0 Å². The second kappa shape index (κ2) is 7.11. The molecule has 122 valence electrons. The molecule has 2 atom stereocenters. The zero-order valence-electron chi connectivity index (χ0n) is 12.3. The summed E-state index contributed by atoms with van der Waals surface area (Å²) in [6.07, 6.45) is -3.32. The summed E-state index contributed by atoms with van der Waals surface area (Å²) in [6.45, 7) is 2.45. The summed E-state index contributed by atoms with van der Waals surface area (Å²) in [5.74, 6) is -1.40. The highest BCUT2D eigenvalue weighted by molar-refractivity contribution is 5.83. The van der Waals surface area contributed by atoms with Crippen LogP contribution >= 0.6 is 0 Å². The third-order valence-electron chi connectivity index (χ3n) is 3.54. The SMILES string of the molecule is CCN(CC(F)(F)F)C(=O)C1CCCN(C(=O)[C@@H](C)N)C1. The number of hydrogen-bond acceptors (Lipinski definition) is 3. The molecule has 1 heterocycles. The van der Waals surface area contributed by atoms with E-state index in [0.29, 0.717) is 19.4 Å². The Kier molecular flexibility index (Phi) is 6.00. The molecular weight excluding hydrogens is 287 g/mol. The number of nitrogens with two attached hydrogens (primary N) is 1. The summed E-state index contributed by atoms with van der Waals surface area (Å²) in [5.41, 5.74) is 5.52. The average Bonchev–Trinajstić information content (AvgIpc) is 2.42. The highest BCUT2D eigenvalue weighted by Gasteiger charge is 2.36. The number of carbonyl (C=O) groups is 2. The fraction of sp³-hybridized carbons (Fsp3) is 0.846. The van der Waals surface area contributed by atoms with Crippen LogP contribution in [-0.2, 0) is 9.59 Å². The number of hydrogen-bond donors (Lipinski definition) is 1. The lowest BCUT2D eigenvalue weighted by molar-refractivity contribution is -0.164. The molecule has 21 heavy (non-hydrogen) atoms. The van der Waals surface area contributed by atoms with Crippen LogP contribution < -0.4 is 5.73 Å². The van der Waals surface area contributed by atoms with Crippen molar-refractivity contribution in [1.82, 2.24) is 9.80 Å². The van der Waals surface area contributed by atoms with Crippen LogP contribution in [0.1, 0.15) is 26.7 Å². The highest BCUT2D eigenvalue weighted by atomic mass is 19.4. The van der Waals surface area contributed by atoms with Gasteiger partial charge in [0.2, 0.25) is 11.8 Å². The quantitative estimate of drug-likeness (QED) is 0.842. The van der Waals surface area contributed by atoms with Crippen molar-refractivity contribution >= 4 is 11.8 Å². The van der Waals surface area contributed by atoms with Crippen molar-refractivity contribution in [3.8, 4) is 0 Å². The van der Waals surface area contributed by atoms with E-state index < -0.39 is 30.6 Å². The maximum Gasteiger partial charge on any atom is 0.406 e. The highest BCUT2D eigenvalue weighted by Crippen LogP contribution is 2.22. The Labute approximate surface area is 122 Å². The van der Waals surface area contributed by atoms with Crippen molar-refractivity contribution in [1.29, 1.82) is 0 Å². The summed E-state index contributed by atoms with van der Waals surface area (Å²) in [4.78, 5) is 26.3. The maximum atomic E-state index is 12.5. The molecule has 1 saturated heterocycles. The van der Waals surface area contributed by atoms with E-state index in [1.165, 1.54) is 11.8 Å². The second-order valence-corrected chi connectivity index (χ2v) is 5.38. The molecular formula is C13H22F3N3O2. The van der Waals surface area contributed by atoms with Gasteiger partial charge in [0.15, 0.2) is 0 Å². The molecule has 1 aliphatic heterocycles. The fourth-order valence-electron chi connectivity index (χ4n) is 2.49. The lowest BCUT2D eigenvalue weighted by Crippen LogP contribution is -2.51. The number of halogens is 3. The number of carbonyl (C=O) groups excluding carboxylic acids is 2. The average molecular weight is 309 g/mol. The fourth-order valence-corrected chi connectivity index (χ4v) is 2.49. The van der Waals surface area contributed by atoms with Crippen molar-refractivity contribution in [2.75, 3.05) is 26.2 Å². The Morgan fingerprint density at radius 3 is 2.52 bits per heavy atom. The lowest BCUT2D eigenvalue weighted by atomic mass is 9.96. The maximum absolute atomic E-state index is 12.5. The minimum Gasteiger partial charge on any atom is -0.341 e. The van der Waals surface area contributed by atoms with Gasteiger partial charge in [0.05, 0.1) is 12.0 Å². The third-order valence-corrected chi connectivity index (χ3v) is 3.54. The van der Waals surface area contributed by atoms with Crippen LogP contribution in [0.25, 0.3) is 0 Å². The molecule has 1 fully saturated rings. The van der Waals surface area contributed by atoms with Crippen molar-refractivity contribution < 1.29 is 22.8 Å². The molecule has 1 aliphatic rings. The van der Waals surface area contributed by atoms with Crippen LogP contribution in [0.15, 0.2) is 0 Å². The van der Waals surface area contributed by atoms with Crippen molar-refractivity contribution in [3.63, 3.8) is 0 Å². The first-order valence-electron chi connectivity index (χ1n) is 7.05. The van der Waals surface area contributed by atoms with Gasteiger partial charge in [-0.2, -0.15) is 13.2 Å². The van der Waals surface area contributed by atoms with Gasteiger partial charge >= 0.3 is 6.18 Å². The molecule has 5 nitrogen and oxygen atoms in total. The third kappa shape index (κ3) is 5.18. The van der Waals surface area contributed by atoms with Gasteiger partial charge in [0, 0.05) is 19.6 Å². The number of nitrogens with zero attached hydrogens (tertiary/aromatic N) is 2. The van der Waals surface area contributed by atoms with Gasteiger partial charge in [-0.25, -0.2) is 0 Å². The van der Waals surface area contributed by atoms with Gasteiger partial charge in [-0.15, -0.1) is 0 Å². The van der Waals surface area contributed by atoms with Crippen molar-refractivity contribution in [3.05, 3.63) is 0 Å². The molecule has 0 spiro atoms. The summed E-state index contributed by atoms with van der Waals surface area (Å²) in [7, 11) is 0. The largest absolute Gasteiger partial charge is 0.406 e. The monoisotopic (exact) mass is 309 g/mol. The Balaban J connectivity index is 2.70. The van der Waals surface area contributed by atoms with E-state index in [9.17, 15) is 22.8 Å². The molecule has 0 radical (unpaired) electrons. The van der Waals surface area contributed by atoms with Crippen LogP contribution in [0.5, 0.6) is 0 Å². The van der Waals surface area contributed by atoms with E-state index in [1.54, 1.807) is 6.92 Å². The van der Waals surface area contributed by atoms with Gasteiger partial charge in [-0.3, -0.25) is 9.59 Å². The molecule has 0 aromatic heterocycles. The molecule has 0 aromatic carbocycles. The van der Waals surface area contributed by atoms with Gasteiger partial charge in [-0.1, -0.05) is 0 Å². The Hall–Kier alpha value is -1.31. The van der Waals surface area contributed by atoms with E-state index in [2.05, 4.69) is 0 Å². The lowest BCUT2D eigenvalue weighted by Gasteiger charge is -2.35. The van der Waals surface area contributed by atoms with E-state index in [1.807, 2.05) is 0 Å². The molecule has 1 rings (SSSR count). The predicted molar refractivity (Wildman–Crippen MR) is 71.3 cm³/mol. The van der Waals surface area contributed by atoms with Gasteiger partial charge in [-0.05, 0) is 26.7 Å². The molecule has 2 amide bonds. The van der Waals surface area contributed by atoms with Crippen LogP contribution in [0.3, 0.4) is 0 Å². The van der Waals surface area contributed by atoms with Crippen LogP contribution in [0.2, 0.25) is 0 Å². The number of likely N-dealkylation sites (tertiary alicyclic amines) is 1. The van der Waals surface area contributed by atoms with Crippen LogP contribution in [0, 0.1) is 5.92 Å². The summed E-state index contributed by atoms with van der Waals surface area (Å²) >= 11 is 0. The smallest absolute Gasteiger partial charge is 0.341 e. The summed E-state index contributed by atoms with van der Waals surface area (Å²) in [6, 6.07) is -0.670. The second-order valence-electron chi connectivity index (χ2n) is 5.38. The minimum absolute atomic E-state index is 0.00389. The first-order chi connectivity index (χ1) is 9.65. The number of piperidine rings is 1. The Morgan fingerprint density at radius 1 is 1.43 bits per heavy atom. The number of alkyl halides is 3. The number of rotatable bonds is 4. The first kappa shape index (κ1) is 17.7. The standard InChI is InChI=1S/C13H22F3N3O2/c1-3-18(8-13(14,15)16)12(21)10-5-4-6-19(7-10)11(20)9(2)17/h9-10H,3-8,17H2,1-2H3/t9-,10?/m1/s1. The first-order valence-corrected chi connectivity index (χ1v) is 7.05. The van der Waals surface area contributed by atoms with E-state index in [0.717, 1.165) is 4.90 Å². The molecule has 0 saturated carbocycles. The molecule has 1 unspecified atom stereocenters. The molecule has 0 bridgehead atoms. The van der Waals surface area contributed by atoms with E-state index >= 15 is 0 Å².